The normalized spacial score (nSPS) is 12.4. The second-order valence-electron chi connectivity index (χ2n) is 4.98. The van der Waals surface area contributed by atoms with Crippen molar-refractivity contribution < 1.29 is 45.0 Å². The van der Waals surface area contributed by atoms with E-state index in [4.69, 9.17) is 14.0 Å². The van der Waals surface area contributed by atoms with Crippen molar-refractivity contribution in [1.29, 1.82) is 0 Å². The maximum absolute atomic E-state index is 11.9. The van der Waals surface area contributed by atoms with E-state index in [0.29, 0.717) is 12.1 Å². The van der Waals surface area contributed by atoms with Gasteiger partial charge < -0.3 is 9.47 Å². The Hall–Kier alpha value is -2.55. The summed E-state index contributed by atoms with van der Waals surface area (Å²) in [7, 11) is -9.53. The van der Waals surface area contributed by atoms with Crippen molar-refractivity contribution >= 4 is 43.6 Å². The maximum Gasteiger partial charge on any atom is 0.355 e. The molecule has 1 aromatic rings. The molecule has 0 saturated heterocycles. The molecule has 12 nitrogen and oxygen atoms in total. The Bertz CT molecular complexity index is 983. The molecule has 0 heterocycles. The molecule has 0 spiro atoms. The molecule has 0 aliphatic carbocycles. The first-order chi connectivity index (χ1) is 12.9. The Balaban J connectivity index is 3.39. The van der Waals surface area contributed by atoms with E-state index in [2.05, 4.69) is 10.5 Å². The number of anilines is 1. The Morgan fingerprint density at radius 1 is 1.04 bits per heavy atom. The van der Waals surface area contributed by atoms with Gasteiger partial charge in [-0.2, -0.15) is 21.9 Å². The summed E-state index contributed by atoms with van der Waals surface area (Å²) in [5.41, 5.74) is 1.00. The molecule has 156 valence electrons. The number of nitrogens with zero attached hydrogens (tertiary/aromatic N) is 1. The highest BCUT2D eigenvalue weighted by Crippen LogP contribution is 2.25. The van der Waals surface area contributed by atoms with Crippen LogP contribution in [0.25, 0.3) is 0 Å². The molecule has 0 aromatic heterocycles. The van der Waals surface area contributed by atoms with Crippen LogP contribution in [0.3, 0.4) is 0 Å². The monoisotopic (exact) mass is 438 g/mol. The zero-order valence-corrected chi connectivity index (χ0v) is 16.4. The van der Waals surface area contributed by atoms with E-state index in [1.165, 1.54) is 13.8 Å². The maximum atomic E-state index is 11.9. The first-order valence-electron chi connectivity index (χ1n) is 7.64. The van der Waals surface area contributed by atoms with Gasteiger partial charge in [-0.05, 0) is 32.0 Å². The number of esters is 2. The molecule has 14 heteroatoms. The number of hydrogen-bond donors (Lipinski definition) is 3. The molecule has 0 amide bonds. The van der Waals surface area contributed by atoms with Gasteiger partial charge in [-0.3, -0.25) is 19.3 Å². The standard InChI is InChI=1S/C14H18N2O10S2/c1-3-25-13(17)8-11(14(18)26-4-2)16-15-10-7-9(27(19,20)21)5-6-12(10)28(22,23)24/h5-7,15H,3-4,8H2,1-2H3,(H,19,20,21)(H,22,23,24). The molecule has 0 radical (unpaired) electrons. The van der Waals surface area contributed by atoms with Crippen molar-refractivity contribution in [3.63, 3.8) is 0 Å². The number of carbonyl (C=O) groups is 2. The third-order valence-electron chi connectivity index (χ3n) is 2.97. The van der Waals surface area contributed by atoms with Crippen LogP contribution in [0.4, 0.5) is 5.69 Å². The lowest BCUT2D eigenvalue weighted by Gasteiger charge is -2.10. The second-order valence-corrected chi connectivity index (χ2v) is 7.79. The van der Waals surface area contributed by atoms with Crippen molar-refractivity contribution in [3.8, 4) is 0 Å². The lowest BCUT2D eigenvalue weighted by Crippen LogP contribution is -2.23. The smallest absolute Gasteiger partial charge is 0.355 e. The molecule has 3 N–H and O–H groups in total. The minimum Gasteiger partial charge on any atom is -0.466 e. The molecule has 0 saturated carbocycles. The summed E-state index contributed by atoms with van der Waals surface area (Å²) in [5.74, 6) is -1.83. The van der Waals surface area contributed by atoms with Crippen molar-refractivity contribution in [2.45, 2.75) is 30.1 Å². The zero-order chi connectivity index (χ0) is 21.5. The fourth-order valence-electron chi connectivity index (χ4n) is 1.83. The molecule has 0 fully saturated rings. The number of hydrogen-bond acceptors (Lipinski definition) is 10. The predicted octanol–water partition coefficient (Wildman–Crippen LogP) is 0.464. The average molecular weight is 438 g/mol. The first kappa shape index (κ1) is 23.5. The molecular weight excluding hydrogens is 420 g/mol. The molecule has 0 unspecified atom stereocenters. The Labute approximate surface area is 161 Å². The SMILES string of the molecule is CCOC(=O)CC(=NNc1cc(S(=O)(=O)O)ccc1S(=O)(=O)O)C(=O)OCC. The van der Waals surface area contributed by atoms with E-state index in [-0.39, 0.29) is 13.2 Å². The summed E-state index contributed by atoms with van der Waals surface area (Å²) in [4.78, 5) is 22.0. The van der Waals surface area contributed by atoms with Gasteiger partial charge in [0.2, 0.25) is 0 Å². The van der Waals surface area contributed by atoms with E-state index < -0.39 is 59.8 Å². The molecule has 0 aliphatic heterocycles. The third-order valence-corrected chi connectivity index (χ3v) is 4.73. The van der Waals surface area contributed by atoms with Gasteiger partial charge in [-0.1, -0.05) is 0 Å². The third kappa shape index (κ3) is 6.88. The molecule has 0 aliphatic rings. The second kappa shape index (κ2) is 9.59. The van der Waals surface area contributed by atoms with Gasteiger partial charge in [0.05, 0.1) is 30.2 Å². The largest absolute Gasteiger partial charge is 0.466 e. The van der Waals surface area contributed by atoms with Crippen LogP contribution in [-0.2, 0) is 39.3 Å². The van der Waals surface area contributed by atoms with Gasteiger partial charge in [-0.15, -0.1) is 0 Å². The van der Waals surface area contributed by atoms with Gasteiger partial charge in [-0.25, -0.2) is 4.79 Å². The number of nitrogens with one attached hydrogen (secondary N) is 1. The van der Waals surface area contributed by atoms with Gasteiger partial charge in [0, 0.05) is 0 Å². The van der Waals surface area contributed by atoms with Crippen LogP contribution in [0, 0.1) is 0 Å². The minimum atomic E-state index is -4.82. The van der Waals surface area contributed by atoms with E-state index in [1.807, 2.05) is 0 Å². The summed E-state index contributed by atoms with van der Waals surface area (Å²) in [5, 5.41) is 3.57. The molecule has 0 bridgehead atoms. The van der Waals surface area contributed by atoms with Crippen LogP contribution < -0.4 is 5.43 Å². The van der Waals surface area contributed by atoms with Crippen molar-refractivity contribution in [2.75, 3.05) is 18.6 Å². The van der Waals surface area contributed by atoms with E-state index >= 15 is 0 Å². The van der Waals surface area contributed by atoms with Gasteiger partial charge >= 0.3 is 11.9 Å². The summed E-state index contributed by atoms with van der Waals surface area (Å²) >= 11 is 0. The summed E-state index contributed by atoms with van der Waals surface area (Å²) in [6.07, 6.45) is -0.626. The lowest BCUT2D eigenvalue weighted by molar-refractivity contribution is -0.143. The fraction of sp³-hybridized carbons (Fsp3) is 0.357. The fourth-order valence-corrected chi connectivity index (χ4v) is 2.96. The van der Waals surface area contributed by atoms with Crippen LogP contribution in [0.15, 0.2) is 33.1 Å². The average Bonchev–Trinajstić information content (AvgIpc) is 2.57. The first-order valence-corrected chi connectivity index (χ1v) is 10.5. The number of ether oxygens (including phenoxy) is 2. The van der Waals surface area contributed by atoms with Crippen LogP contribution in [0.2, 0.25) is 0 Å². The lowest BCUT2D eigenvalue weighted by atomic mass is 10.3. The van der Waals surface area contributed by atoms with Gasteiger partial charge in [0.25, 0.3) is 20.2 Å². The van der Waals surface area contributed by atoms with Crippen molar-refractivity contribution in [2.24, 2.45) is 5.10 Å². The Kier molecular flexibility index (Phi) is 8.04. The van der Waals surface area contributed by atoms with E-state index in [0.717, 1.165) is 6.07 Å². The molecule has 28 heavy (non-hydrogen) atoms. The Morgan fingerprint density at radius 2 is 1.64 bits per heavy atom. The number of carbonyl (C=O) groups excluding carboxylic acids is 2. The van der Waals surface area contributed by atoms with Crippen molar-refractivity contribution in [3.05, 3.63) is 18.2 Å². The molecule has 1 rings (SSSR count). The highest BCUT2D eigenvalue weighted by Gasteiger charge is 2.22. The zero-order valence-electron chi connectivity index (χ0n) is 14.8. The number of benzene rings is 1. The minimum absolute atomic E-state index is 0.0334. The van der Waals surface area contributed by atoms with Gasteiger partial charge in [0.15, 0.2) is 5.71 Å². The topological polar surface area (TPSA) is 186 Å². The number of rotatable bonds is 9. The molecule has 0 atom stereocenters. The summed E-state index contributed by atoms with van der Waals surface area (Å²) in [6, 6.07) is 2.10. The van der Waals surface area contributed by atoms with Crippen LogP contribution in [0.1, 0.15) is 20.3 Å². The van der Waals surface area contributed by atoms with Crippen LogP contribution in [-0.4, -0.2) is 56.8 Å². The molecular formula is C14H18N2O10S2. The van der Waals surface area contributed by atoms with Crippen LogP contribution >= 0.6 is 0 Å². The quantitative estimate of drug-likeness (QED) is 0.210. The highest BCUT2D eigenvalue weighted by atomic mass is 32.2. The molecule has 1 aromatic carbocycles. The van der Waals surface area contributed by atoms with Crippen LogP contribution in [0.5, 0.6) is 0 Å². The highest BCUT2D eigenvalue weighted by molar-refractivity contribution is 7.86. The van der Waals surface area contributed by atoms with Gasteiger partial charge in [0.1, 0.15) is 4.90 Å². The predicted molar refractivity (Wildman–Crippen MR) is 95.0 cm³/mol. The Morgan fingerprint density at radius 3 is 2.14 bits per heavy atom. The number of hydrazone groups is 1. The van der Waals surface area contributed by atoms with E-state index in [9.17, 15) is 31.0 Å². The van der Waals surface area contributed by atoms with Crippen molar-refractivity contribution in [1.82, 2.24) is 0 Å². The van der Waals surface area contributed by atoms with E-state index in [1.54, 1.807) is 0 Å². The summed E-state index contributed by atoms with van der Waals surface area (Å²) < 4.78 is 73.1. The summed E-state index contributed by atoms with van der Waals surface area (Å²) in [6.45, 7) is 3.02.